The summed E-state index contributed by atoms with van der Waals surface area (Å²) < 4.78 is 6.79. The van der Waals surface area contributed by atoms with Gasteiger partial charge in [0, 0.05) is 45.3 Å². The van der Waals surface area contributed by atoms with Crippen LogP contribution < -0.4 is 5.32 Å². The molecule has 1 aliphatic heterocycles. The zero-order valence-electron chi connectivity index (χ0n) is 16.5. The van der Waals surface area contributed by atoms with Gasteiger partial charge in [0.2, 0.25) is 0 Å². The third kappa shape index (κ3) is 5.21. The number of aromatic nitrogens is 3. The Balaban J connectivity index is 0.00000280. The number of hydrogen-bond acceptors (Lipinski definition) is 5. The summed E-state index contributed by atoms with van der Waals surface area (Å²) in [6.45, 7) is 4.16. The Morgan fingerprint density at radius 1 is 1.32 bits per heavy atom. The summed E-state index contributed by atoms with van der Waals surface area (Å²) in [6, 6.07) is 4.03. The van der Waals surface area contributed by atoms with Crippen molar-refractivity contribution in [3.05, 3.63) is 42.1 Å². The number of likely N-dealkylation sites (tertiary alicyclic amines) is 1. The van der Waals surface area contributed by atoms with Gasteiger partial charge in [0.05, 0.1) is 13.0 Å². The van der Waals surface area contributed by atoms with Gasteiger partial charge in [-0.2, -0.15) is 0 Å². The molecule has 0 aromatic carbocycles. The smallest absolute Gasteiger partial charge is 0.308 e. The first-order valence-electron chi connectivity index (χ1n) is 9.11. The minimum atomic E-state index is -0.114. The first-order chi connectivity index (χ1) is 13.1. The maximum absolute atomic E-state index is 11.7. The molecule has 0 radical (unpaired) electrons. The van der Waals surface area contributed by atoms with E-state index in [1.165, 1.54) is 7.11 Å². The van der Waals surface area contributed by atoms with Crippen molar-refractivity contribution in [1.29, 1.82) is 0 Å². The molecular formula is C19H27IN6O2. The second-order valence-electron chi connectivity index (χ2n) is 6.55. The molecule has 0 spiro atoms. The second-order valence-corrected chi connectivity index (χ2v) is 6.55. The molecule has 1 fully saturated rings. The van der Waals surface area contributed by atoms with Gasteiger partial charge in [-0.25, -0.2) is 9.97 Å². The SMILES string of the molecule is CN=C(NCc1ccc(-n2ccnc2C)nc1)N1CCC(C(=O)OC)CC1.I. The summed E-state index contributed by atoms with van der Waals surface area (Å²) in [5, 5.41) is 3.38. The van der Waals surface area contributed by atoms with Crippen molar-refractivity contribution in [2.75, 3.05) is 27.2 Å². The molecule has 2 aromatic rings. The Bertz CT molecular complexity index is 797. The number of hydrogen-bond donors (Lipinski definition) is 1. The number of guanidine groups is 1. The predicted octanol–water partition coefficient (Wildman–Crippen LogP) is 2.15. The fourth-order valence-corrected chi connectivity index (χ4v) is 3.29. The molecule has 0 atom stereocenters. The van der Waals surface area contributed by atoms with Crippen LogP contribution in [0.25, 0.3) is 5.82 Å². The minimum Gasteiger partial charge on any atom is -0.469 e. The van der Waals surface area contributed by atoms with Gasteiger partial charge >= 0.3 is 5.97 Å². The highest BCUT2D eigenvalue weighted by Gasteiger charge is 2.26. The van der Waals surface area contributed by atoms with Crippen LogP contribution in [0, 0.1) is 12.8 Å². The van der Waals surface area contributed by atoms with Crippen LogP contribution in [-0.2, 0) is 16.1 Å². The molecule has 9 heteroatoms. The first kappa shape index (κ1) is 22.1. The zero-order valence-corrected chi connectivity index (χ0v) is 18.8. The molecule has 152 valence electrons. The van der Waals surface area contributed by atoms with E-state index >= 15 is 0 Å². The van der Waals surface area contributed by atoms with E-state index in [0.717, 1.165) is 49.1 Å². The van der Waals surface area contributed by atoms with Gasteiger partial charge in [0.25, 0.3) is 0 Å². The summed E-state index contributed by atoms with van der Waals surface area (Å²) >= 11 is 0. The normalized spacial score (nSPS) is 15.1. The van der Waals surface area contributed by atoms with Crippen LogP contribution in [0.5, 0.6) is 0 Å². The van der Waals surface area contributed by atoms with Crippen LogP contribution in [-0.4, -0.2) is 58.6 Å². The van der Waals surface area contributed by atoms with Gasteiger partial charge in [-0.05, 0) is 31.4 Å². The van der Waals surface area contributed by atoms with E-state index in [-0.39, 0.29) is 35.9 Å². The molecule has 0 bridgehead atoms. The van der Waals surface area contributed by atoms with Gasteiger partial charge < -0.3 is 15.0 Å². The quantitative estimate of drug-likeness (QED) is 0.301. The maximum atomic E-state index is 11.7. The number of methoxy groups -OCH3 is 1. The lowest BCUT2D eigenvalue weighted by Gasteiger charge is -2.33. The predicted molar refractivity (Wildman–Crippen MR) is 118 cm³/mol. The summed E-state index contributed by atoms with van der Waals surface area (Å²) in [6.07, 6.45) is 7.09. The lowest BCUT2D eigenvalue weighted by molar-refractivity contribution is -0.146. The lowest BCUT2D eigenvalue weighted by Crippen LogP contribution is -2.46. The molecule has 1 saturated heterocycles. The van der Waals surface area contributed by atoms with Gasteiger partial charge in [-0.3, -0.25) is 14.4 Å². The molecule has 28 heavy (non-hydrogen) atoms. The molecule has 3 heterocycles. The number of ether oxygens (including phenoxy) is 1. The number of nitrogens with one attached hydrogen (secondary N) is 1. The number of piperidine rings is 1. The summed E-state index contributed by atoms with van der Waals surface area (Å²) in [4.78, 5) is 26.9. The number of esters is 1. The Hall–Kier alpha value is -2.17. The molecule has 0 saturated carbocycles. The van der Waals surface area contributed by atoms with Crippen LogP contribution >= 0.6 is 24.0 Å². The highest BCUT2D eigenvalue weighted by Crippen LogP contribution is 2.18. The minimum absolute atomic E-state index is 0. The number of aryl methyl sites for hydroxylation is 1. The van der Waals surface area contributed by atoms with Crippen molar-refractivity contribution in [2.24, 2.45) is 10.9 Å². The van der Waals surface area contributed by atoms with Crippen molar-refractivity contribution in [2.45, 2.75) is 26.3 Å². The lowest BCUT2D eigenvalue weighted by atomic mass is 9.97. The molecule has 1 N–H and O–H groups in total. The monoisotopic (exact) mass is 498 g/mol. The van der Waals surface area contributed by atoms with E-state index < -0.39 is 0 Å². The Kier molecular flexibility index (Phi) is 8.21. The van der Waals surface area contributed by atoms with Crippen LogP contribution in [0.1, 0.15) is 24.2 Å². The number of carbonyl (C=O) groups is 1. The second kappa shape index (κ2) is 10.4. The Morgan fingerprint density at radius 3 is 2.61 bits per heavy atom. The number of imidazole rings is 1. The van der Waals surface area contributed by atoms with Crippen LogP contribution in [0.15, 0.2) is 35.7 Å². The number of pyridine rings is 1. The van der Waals surface area contributed by atoms with E-state index in [4.69, 9.17) is 4.74 Å². The van der Waals surface area contributed by atoms with E-state index in [1.54, 1.807) is 13.2 Å². The van der Waals surface area contributed by atoms with Crippen molar-refractivity contribution in [3.63, 3.8) is 0 Å². The molecule has 2 aromatic heterocycles. The summed E-state index contributed by atoms with van der Waals surface area (Å²) in [7, 11) is 3.22. The summed E-state index contributed by atoms with van der Waals surface area (Å²) in [5.74, 6) is 2.48. The molecular weight excluding hydrogens is 471 g/mol. The van der Waals surface area contributed by atoms with Crippen LogP contribution in [0.2, 0.25) is 0 Å². The van der Waals surface area contributed by atoms with Crippen LogP contribution in [0.3, 0.4) is 0 Å². The Labute approximate surface area is 182 Å². The van der Waals surface area contributed by atoms with Crippen molar-refractivity contribution in [1.82, 2.24) is 24.8 Å². The van der Waals surface area contributed by atoms with Gasteiger partial charge in [0.1, 0.15) is 11.6 Å². The number of rotatable bonds is 4. The molecule has 3 rings (SSSR count). The summed E-state index contributed by atoms with van der Waals surface area (Å²) in [5.41, 5.74) is 1.07. The van der Waals surface area contributed by atoms with Crippen molar-refractivity contribution >= 4 is 35.9 Å². The number of halogens is 1. The average Bonchev–Trinajstić information content (AvgIpc) is 3.14. The van der Waals surface area contributed by atoms with Crippen LogP contribution in [0.4, 0.5) is 0 Å². The van der Waals surface area contributed by atoms with E-state index in [1.807, 2.05) is 36.0 Å². The zero-order chi connectivity index (χ0) is 19.2. The molecule has 0 aliphatic carbocycles. The third-order valence-corrected chi connectivity index (χ3v) is 4.87. The number of carbonyl (C=O) groups excluding carboxylic acids is 1. The van der Waals surface area contributed by atoms with E-state index in [9.17, 15) is 4.79 Å². The number of nitrogens with zero attached hydrogens (tertiary/aromatic N) is 5. The first-order valence-corrected chi connectivity index (χ1v) is 9.11. The standard InChI is InChI=1S/C19H26N6O2.HI/c1-14-21-8-11-25(14)17-5-4-15(12-22-17)13-23-19(20-2)24-9-6-16(7-10-24)18(26)27-3;/h4-5,8,11-12,16H,6-7,9-10,13H2,1-3H3,(H,20,23);1H. The van der Waals surface area contributed by atoms with E-state index in [0.29, 0.717) is 6.54 Å². The fourth-order valence-electron chi connectivity index (χ4n) is 3.29. The molecule has 0 amide bonds. The molecule has 1 aliphatic rings. The van der Waals surface area contributed by atoms with E-state index in [2.05, 4.69) is 25.2 Å². The average molecular weight is 498 g/mol. The molecule has 8 nitrogen and oxygen atoms in total. The van der Waals surface area contributed by atoms with Gasteiger partial charge in [0.15, 0.2) is 5.96 Å². The maximum Gasteiger partial charge on any atom is 0.308 e. The fraction of sp³-hybridized carbons (Fsp3) is 0.474. The van der Waals surface area contributed by atoms with Crippen molar-refractivity contribution in [3.8, 4) is 5.82 Å². The Morgan fingerprint density at radius 2 is 2.07 bits per heavy atom. The van der Waals surface area contributed by atoms with Crippen molar-refractivity contribution < 1.29 is 9.53 Å². The molecule has 0 unspecified atom stereocenters. The number of aliphatic imine (C=N–C) groups is 1. The van der Waals surface area contributed by atoms with Gasteiger partial charge in [-0.1, -0.05) is 6.07 Å². The topological polar surface area (TPSA) is 84.6 Å². The third-order valence-electron chi connectivity index (χ3n) is 4.87. The highest BCUT2D eigenvalue weighted by molar-refractivity contribution is 14.0. The highest BCUT2D eigenvalue weighted by atomic mass is 127. The largest absolute Gasteiger partial charge is 0.469 e. The van der Waals surface area contributed by atoms with Gasteiger partial charge in [-0.15, -0.1) is 24.0 Å².